The van der Waals surface area contributed by atoms with Crippen molar-refractivity contribution < 1.29 is 4.79 Å². The van der Waals surface area contributed by atoms with E-state index in [4.69, 9.17) is 0 Å². The molecule has 1 aromatic heterocycles. The van der Waals surface area contributed by atoms with Crippen molar-refractivity contribution in [2.45, 2.75) is 26.2 Å². The molecular weight excluding hydrogens is 150 g/mol. The molecule has 0 unspecified atom stereocenters. The lowest BCUT2D eigenvalue weighted by atomic mass is 9.89. The van der Waals surface area contributed by atoms with Crippen LogP contribution >= 0.6 is 0 Å². The van der Waals surface area contributed by atoms with Crippen LogP contribution < -0.4 is 0 Å². The predicted molar refractivity (Wildman–Crippen MR) is 48.3 cm³/mol. The number of aromatic nitrogens is 1. The largest absolute Gasteiger partial charge is 0.298 e. The quantitative estimate of drug-likeness (QED) is 0.594. The van der Waals surface area contributed by atoms with Crippen LogP contribution in [0.5, 0.6) is 0 Å². The van der Waals surface area contributed by atoms with Crippen molar-refractivity contribution in [1.29, 1.82) is 0 Å². The average molecular weight is 163 g/mol. The second kappa shape index (κ2) is 3.05. The zero-order valence-electron chi connectivity index (χ0n) is 7.66. The fraction of sp³-hybridized carbons (Fsp3) is 0.400. The van der Waals surface area contributed by atoms with Gasteiger partial charge in [-0.25, -0.2) is 0 Å². The highest BCUT2D eigenvalue weighted by molar-refractivity contribution is 5.76. The van der Waals surface area contributed by atoms with Crippen molar-refractivity contribution in [3.05, 3.63) is 29.6 Å². The summed E-state index contributed by atoms with van der Waals surface area (Å²) < 4.78 is 0. The van der Waals surface area contributed by atoms with Gasteiger partial charge in [0.1, 0.15) is 0 Å². The summed E-state index contributed by atoms with van der Waals surface area (Å²) in [5, 5.41) is 0. The molecular formula is C10H13NO. The number of rotatable bonds is 1. The fourth-order valence-electron chi connectivity index (χ4n) is 1.14. The number of carbonyl (C=O) groups excluding carboxylic acids is 1. The Balaban J connectivity index is 3.23. The van der Waals surface area contributed by atoms with E-state index in [0.29, 0.717) is 5.56 Å². The number of aldehydes is 1. The first-order valence-electron chi connectivity index (χ1n) is 3.96. The van der Waals surface area contributed by atoms with Crippen LogP contribution in [-0.2, 0) is 5.41 Å². The number of nitrogens with zero attached hydrogens (tertiary/aromatic N) is 1. The highest BCUT2D eigenvalue weighted by atomic mass is 16.1. The van der Waals surface area contributed by atoms with E-state index >= 15 is 0 Å². The van der Waals surface area contributed by atoms with Crippen molar-refractivity contribution in [3.8, 4) is 0 Å². The third-order valence-electron chi connectivity index (χ3n) is 1.68. The predicted octanol–water partition coefficient (Wildman–Crippen LogP) is 2.19. The van der Waals surface area contributed by atoms with Crippen LogP contribution in [0.1, 0.15) is 36.8 Å². The van der Waals surface area contributed by atoms with Gasteiger partial charge in [-0.05, 0) is 12.1 Å². The summed E-state index contributed by atoms with van der Waals surface area (Å²) in [4.78, 5) is 14.8. The first kappa shape index (κ1) is 8.91. The van der Waals surface area contributed by atoms with Crippen molar-refractivity contribution in [2.24, 2.45) is 0 Å². The first-order chi connectivity index (χ1) is 5.55. The minimum absolute atomic E-state index is 0.0580. The summed E-state index contributed by atoms with van der Waals surface area (Å²) in [5.41, 5.74) is 1.49. The van der Waals surface area contributed by atoms with Gasteiger partial charge in [0.05, 0.1) is 5.69 Å². The van der Waals surface area contributed by atoms with Gasteiger partial charge in [-0.15, -0.1) is 0 Å². The van der Waals surface area contributed by atoms with Gasteiger partial charge in [-0.1, -0.05) is 20.8 Å². The molecule has 0 radical (unpaired) electrons. The number of hydrogen-bond donors (Lipinski definition) is 0. The van der Waals surface area contributed by atoms with Crippen LogP contribution in [0.4, 0.5) is 0 Å². The number of carbonyl (C=O) groups is 1. The van der Waals surface area contributed by atoms with Gasteiger partial charge in [0, 0.05) is 17.2 Å². The minimum atomic E-state index is -0.0580. The van der Waals surface area contributed by atoms with E-state index in [2.05, 4.69) is 4.98 Å². The molecule has 0 amide bonds. The van der Waals surface area contributed by atoms with Crippen molar-refractivity contribution in [2.75, 3.05) is 0 Å². The molecule has 12 heavy (non-hydrogen) atoms. The zero-order valence-corrected chi connectivity index (χ0v) is 7.66. The molecule has 0 saturated heterocycles. The molecule has 0 bridgehead atoms. The SMILES string of the molecule is CC(C)(C)c1ncccc1C=O. The zero-order chi connectivity index (χ0) is 9.19. The first-order valence-corrected chi connectivity index (χ1v) is 3.96. The lowest BCUT2D eigenvalue weighted by molar-refractivity contribution is 0.112. The maximum atomic E-state index is 10.6. The van der Waals surface area contributed by atoms with Gasteiger partial charge >= 0.3 is 0 Å². The van der Waals surface area contributed by atoms with Crippen LogP contribution in [0.2, 0.25) is 0 Å². The topological polar surface area (TPSA) is 30.0 Å². The second-order valence-electron chi connectivity index (χ2n) is 3.81. The van der Waals surface area contributed by atoms with Crippen molar-refractivity contribution in [3.63, 3.8) is 0 Å². The molecule has 0 aliphatic carbocycles. The van der Waals surface area contributed by atoms with Gasteiger partial charge in [-0.2, -0.15) is 0 Å². The molecule has 64 valence electrons. The van der Waals surface area contributed by atoms with Crippen molar-refractivity contribution >= 4 is 6.29 Å². The van der Waals surface area contributed by atoms with E-state index in [1.807, 2.05) is 20.8 Å². The molecule has 0 aromatic carbocycles. The summed E-state index contributed by atoms with van der Waals surface area (Å²) in [6, 6.07) is 3.57. The maximum absolute atomic E-state index is 10.6. The van der Waals surface area contributed by atoms with E-state index in [-0.39, 0.29) is 5.41 Å². The normalized spacial score (nSPS) is 11.2. The summed E-state index contributed by atoms with van der Waals surface area (Å²) >= 11 is 0. The fourth-order valence-corrected chi connectivity index (χ4v) is 1.14. The van der Waals surface area contributed by atoms with Crippen LogP contribution in [0.15, 0.2) is 18.3 Å². The van der Waals surface area contributed by atoms with Crippen LogP contribution in [0, 0.1) is 0 Å². The Morgan fingerprint density at radius 2 is 2.08 bits per heavy atom. The van der Waals surface area contributed by atoms with Gasteiger partial charge in [0.15, 0.2) is 6.29 Å². The molecule has 0 aliphatic rings. The molecule has 2 nitrogen and oxygen atoms in total. The molecule has 1 rings (SSSR count). The summed E-state index contributed by atoms with van der Waals surface area (Å²) in [5.74, 6) is 0. The van der Waals surface area contributed by atoms with Gasteiger partial charge < -0.3 is 0 Å². The lowest BCUT2D eigenvalue weighted by Gasteiger charge is -2.18. The Hall–Kier alpha value is -1.18. The minimum Gasteiger partial charge on any atom is -0.298 e. The van der Waals surface area contributed by atoms with Gasteiger partial charge in [-0.3, -0.25) is 9.78 Å². The third-order valence-corrected chi connectivity index (χ3v) is 1.68. The van der Waals surface area contributed by atoms with Gasteiger partial charge in [0.25, 0.3) is 0 Å². The summed E-state index contributed by atoms with van der Waals surface area (Å²) in [6.07, 6.45) is 2.57. The summed E-state index contributed by atoms with van der Waals surface area (Å²) in [6.45, 7) is 6.13. The van der Waals surface area contributed by atoms with Crippen molar-refractivity contribution in [1.82, 2.24) is 4.98 Å². The Kier molecular flexibility index (Phi) is 2.27. The molecule has 1 heterocycles. The van der Waals surface area contributed by atoms with E-state index in [1.54, 1.807) is 18.3 Å². The van der Waals surface area contributed by atoms with Gasteiger partial charge in [0.2, 0.25) is 0 Å². The smallest absolute Gasteiger partial charge is 0.151 e. The van der Waals surface area contributed by atoms with E-state index in [9.17, 15) is 4.79 Å². The summed E-state index contributed by atoms with van der Waals surface area (Å²) in [7, 11) is 0. The van der Waals surface area contributed by atoms with E-state index in [1.165, 1.54) is 0 Å². The van der Waals surface area contributed by atoms with Crippen LogP contribution in [0.3, 0.4) is 0 Å². The molecule has 0 aliphatic heterocycles. The highest BCUT2D eigenvalue weighted by Crippen LogP contribution is 2.21. The molecule has 0 atom stereocenters. The molecule has 0 N–H and O–H groups in total. The standard InChI is InChI=1S/C10H13NO/c1-10(2,3)9-8(7-12)5-4-6-11-9/h4-7H,1-3H3. The molecule has 0 spiro atoms. The maximum Gasteiger partial charge on any atom is 0.151 e. The Morgan fingerprint density at radius 1 is 1.42 bits per heavy atom. The van der Waals surface area contributed by atoms with E-state index in [0.717, 1.165) is 12.0 Å². The average Bonchev–Trinajstić information content (AvgIpc) is 2.03. The molecule has 0 saturated carbocycles. The molecule has 2 heteroatoms. The Morgan fingerprint density at radius 3 is 2.50 bits per heavy atom. The Labute approximate surface area is 72.6 Å². The number of hydrogen-bond acceptors (Lipinski definition) is 2. The molecule has 1 aromatic rings. The lowest BCUT2D eigenvalue weighted by Crippen LogP contribution is -2.16. The van der Waals surface area contributed by atoms with Crippen LogP contribution in [-0.4, -0.2) is 11.3 Å². The highest BCUT2D eigenvalue weighted by Gasteiger charge is 2.18. The van der Waals surface area contributed by atoms with Crippen LogP contribution in [0.25, 0.3) is 0 Å². The molecule has 0 fully saturated rings. The third kappa shape index (κ3) is 1.70. The van der Waals surface area contributed by atoms with E-state index < -0.39 is 0 Å². The Bertz CT molecular complexity index is 286. The number of pyridine rings is 1. The monoisotopic (exact) mass is 163 g/mol. The second-order valence-corrected chi connectivity index (χ2v) is 3.81.